The van der Waals surface area contributed by atoms with Crippen molar-refractivity contribution in [1.29, 1.82) is 0 Å². The minimum absolute atomic E-state index is 0.105. The third kappa shape index (κ3) is 4.29. The van der Waals surface area contributed by atoms with E-state index in [-0.39, 0.29) is 17.5 Å². The summed E-state index contributed by atoms with van der Waals surface area (Å²) >= 11 is 3.40. The van der Waals surface area contributed by atoms with Crippen molar-refractivity contribution >= 4 is 27.5 Å². The first-order valence-electron chi connectivity index (χ1n) is 8.01. The monoisotopic (exact) mass is 417 g/mol. The molecule has 0 aliphatic carbocycles. The van der Waals surface area contributed by atoms with Gasteiger partial charge >= 0.3 is 0 Å². The van der Waals surface area contributed by atoms with E-state index < -0.39 is 11.7 Å². The van der Waals surface area contributed by atoms with E-state index in [0.717, 1.165) is 10.2 Å². The molecule has 1 amide bonds. The highest BCUT2D eigenvalue weighted by Crippen LogP contribution is 2.27. The molecule has 26 heavy (non-hydrogen) atoms. The third-order valence-electron chi connectivity index (χ3n) is 3.45. The van der Waals surface area contributed by atoms with Crippen LogP contribution in [0.15, 0.2) is 59.2 Å². The van der Waals surface area contributed by atoms with Crippen molar-refractivity contribution < 1.29 is 13.9 Å². The topological polar surface area (TPSA) is 56.1 Å². The van der Waals surface area contributed by atoms with Crippen LogP contribution in [-0.4, -0.2) is 21.8 Å². The van der Waals surface area contributed by atoms with Gasteiger partial charge in [-0.3, -0.25) is 4.79 Å². The van der Waals surface area contributed by atoms with E-state index in [0.29, 0.717) is 5.75 Å². The van der Waals surface area contributed by atoms with E-state index in [1.165, 1.54) is 18.2 Å². The van der Waals surface area contributed by atoms with Gasteiger partial charge in [-0.1, -0.05) is 22.0 Å². The van der Waals surface area contributed by atoms with E-state index in [9.17, 15) is 9.18 Å². The van der Waals surface area contributed by atoms with Crippen molar-refractivity contribution in [3.8, 4) is 11.4 Å². The fourth-order valence-electron chi connectivity index (χ4n) is 2.35. The molecule has 3 aromatic rings. The first kappa shape index (κ1) is 18.1. The van der Waals surface area contributed by atoms with Crippen LogP contribution in [0.5, 0.6) is 5.75 Å². The van der Waals surface area contributed by atoms with Gasteiger partial charge in [0.05, 0.1) is 17.5 Å². The Hall–Kier alpha value is -2.67. The molecule has 0 aliphatic heterocycles. The number of amides is 1. The number of anilines is 1. The summed E-state index contributed by atoms with van der Waals surface area (Å²) in [5, 5.41) is 6.94. The van der Waals surface area contributed by atoms with Crippen molar-refractivity contribution in [2.75, 3.05) is 5.32 Å². The number of nitrogens with one attached hydrogen (secondary N) is 1. The first-order chi connectivity index (χ1) is 12.4. The summed E-state index contributed by atoms with van der Waals surface area (Å²) in [6.07, 6.45) is 1.58. The predicted octanol–water partition coefficient (Wildman–Crippen LogP) is 4.81. The molecule has 0 saturated carbocycles. The van der Waals surface area contributed by atoms with E-state index in [4.69, 9.17) is 4.74 Å². The zero-order valence-electron chi connectivity index (χ0n) is 14.2. The van der Waals surface area contributed by atoms with Gasteiger partial charge in [0.15, 0.2) is 5.69 Å². The summed E-state index contributed by atoms with van der Waals surface area (Å²) < 4.78 is 21.7. The van der Waals surface area contributed by atoms with Crippen molar-refractivity contribution in [2.24, 2.45) is 0 Å². The second-order valence-electron chi connectivity index (χ2n) is 5.89. The molecule has 0 radical (unpaired) electrons. The van der Waals surface area contributed by atoms with Crippen LogP contribution in [0.25, 0.3) is 5.69 Å². The van der Waals surface area contributed by atoms with Crippen LogP contribution in [0.3, 0.4) is 0 Å². The van der Waals surface area contributed by atoms with Gasteiger partial charge in [-0.15, -0.1) is 0 Å². The average molecular weight is 418 g/mol. The Bertz CT molecular complexity index is 940. The maximum atomic E-state index is 13.6. The molecule has 0 fully saturated rings. The first-order valence-corrected chi connectivity index (χ1v) is 8.81. The highest BCUT2D eigenvalue weighted by atomic mass is 79.9. The van der Waals surface area contributed by atoms with E-state index in [1.807, 2.05) is 38.1 Å². The summed E-state index contributed by atoms with van der Waals surface area (Å²) in [5.74, 6) is -0.504. The zero-order valence-corrected chi connectivity index (χ0v) is 15.8. The lowest BCUT2D eigenvalue weighted by Crippen LogP contribution is -2.15. The van der Waals surface area contributed by atoms with E-state index in [2.05, 4.69) is 26.3 Å². The summed E-state index contributed by atoms with van der Waals surface area (Å²) in [6.45, 7) is 3.71. The lowest BCUT2D eigenvalue weighted by molar-refractivity contribution is 0.102. The second-order valence-corrected chi connectivity index (χ2v) is 6.80. The fraction of sp³-hybridized carbons (Fsp3) is 0.158. The highest BCUT2D eigenvalue weighted by Gasteiger charge is 2.15. The smallest absolute Gasteiger partial charge is 0.276 e. The minimum Gasteiger partial charge on any atom is -0.489 e. The molecule has 2 aromatic carbocycles. The molecule has 3 rings (SSSR count). The number of ether oxygens (including phenoxy) is 1. The minimum atomic E-state index is -0.462. The van der Waals surface area contributed by atoms with Gasteiger partial charge in [0.2, 0.25) is 0 Å². The summed E-state index contributed by atoms with van der Waals surface area (Å²) in [7, 11) is 0. The number of nitrogens with zero attached hydrogens (tertiary/aromatic N) is 2. The van der Waals surface area contributed by atoms with Gasteiger partial charge < -0.3 is 10.1 Å². The van der Waals surface area contributed by atoms with Gasteiger partial charge in [0.25, 0.3) is 5.91 Å². The summed E-state index contributed by atoms with van der Waals surface area (Å²) in [4.78, 5) is 12.5. The van der Waals surface area contributed by atoms with Crippen molar-refractivity contribution in [3.05, 3.63) is 70.7 Å². The number of rotatable bonds is 5. The molecule has 0 atom stereocenters. The molecule has 0 spiro atoms. The molecular formula is C19H17BrFN3O2. The Morgan fingerprint density at radius 1 is 1.23 bits per heavy atom. The lowest BCUT2D eigenvalue weighted by atomic mass is 10.2. The van der Waals surface area contributed by atoms with Crippen molar-refractivity contribution in [3.63, 3.8) is 0 Å². The molecular weight excluding hydrogens is 401 g/mol. The Labute approximate surface area is 158 Å². The number of benzene rings is 2. The molecule has 0 aliphatic rings. The van der Waals surface area contributed by atoms with E-state index >= 15 is 0 Å². The van der Waals surface area contributed by atoms with Gasteiger partial charge in [0, 0.05) is 16.7 Å². The molecule has 1 heterocycles. The molecule has 7 heteroatoms. The maximum Gasteiger partial charge on any atom is 0.276 e. The van der Waals surface area contributed by atoms with Gasteiger partial charge in [-0.05, 0) is 50.2 Å². The van der Waals surface area contributed by atoms with Crippen LogP contribution >= 0.6 is 15.9 Å². The predicted molar refractivity (Wildman–Crippen MR) is 101 cm³/mol. The Morgan fingerprint density at radius 2 is 2.04 bits per heavy atom. The quantitative estimate of drug-likeness (QED) is 0.647. The molecule has 0 saturated heterocycles. The molecule has 1 aromatic heterocycles. The van der Waals surface area contributed by atoms with Crippen LogP contribution in [-0.2, 0) is 0 Å². The Kier molecular flexibility index (Phi) is 5.37. The van der Waals surface area contributed by atoms with Crippen molar-refractivity contribution in [2.45, 2.75) is 20.0 Å². The normalized spacial score (nSPS) is 10.8. The number of aromatic nitrogens is 2. The lowest BCUT2D eigenvalue weighted by Gasteiger charge is -2.14. The third-order valence-corrected chi connectivity index (χ3v) is 3.94. The van der Waals surface area contributed by atoms with Crippen LogP contribution in [0.1, 0.15) is 24.3 Å². The van der Waals surface area contributed by atoms with Gasteiger partial charge in [-0.25, -0.2) is 9.07 Å². The Morgan fingerprint density at radius 3 is 2.77 bits per heavy atom. The van der Waals surface area contributed by atoms with Crippen LogP contribution in [0, 0.1) is 5.82 Å². The number of halogens is 2. The molecule has 134 valence electrons. The highest BCUT2D eigenvalue weighted by molar-refractivity contribution is 9.10. The molecule has 5 nitrogen and oxygen atoms in total. The zero-order chi connectivity index (χ0) is 18.7. The van der Waals surface area contributed by atoms with Crippen LogP contribution in [0.2, 0.25) is 0 Å². The maximum absolute atomic E-state index is 13.6. The SMILES string of the molecule is CC(C)Oc1ccc(F)cc1NC(=O)c1ccn(-c2cccc(Br)c2)n1. The van der Waals surface area contributed by atoms with E-state index in [1.54, 1.807) is 16.9 Å². The van der Waals surface area contributed by atoms with Crippen LogP contribution in [0.4, 0.5) is 10.1 Å². The summed E-state index contributed by atoms with van der Waals surface area (Å²) in [5.41, 5.74) is 1.29. The summed E-state index contributed by atoms with van der Waals surface area (Å²) in [6, 6.07) is 13.1. The Balaban J connectivity index is 1.82. The van der Waals surface area contributed by atoms with Gasteiger partial charge in [-0.2, -0.15) is 5.10 Å². The molecule has 0 unspecified atom stereocenters. The van der Waals surface area contributed by atoms with Crippen molar-refractivity contribution in [1.82, 2.24) is 9.78 Å². The number of carbonyl (C=O) groups is 1. The van der Waals surface area contributed by atoms with Gasteiger partial charge in [0.1, 0.15) is 11.6 Å². The second kappa shape index (κ2) is 7.70. The number of hydrogen-bond acceptors (Lipinski definition) is 3. The number of carbonyl (C=O) groups excluding carboxylic acids is 1. The average Bonchev–Trinajstić information content (AvgIpc) is 3.07. The standard InChI is InChI=1S/C19H17BrFN3O2/c1-12(2)26-18-7-6-14(21)11-17(18)22-19(25)16-8-9-24(23-16)15-5-3-4-13(20)10-15/h3-12H,1-2H3,(H,22,25). The molecule has 1 N–H and O–H groups in total. The number of hydrogen-bond donors (Lipinski definition) is 1. The largest absolute Gasteiger partial charge is 0.489 e. The fourth-order valence-corrected chi connectivity index (χ4v) is 2.74. The molecule has 0 bridgehead atoms. The van der Waals surface area contributed by atoms with Crippen LogP contribution < -0.4 is 10.1 Å².